The molecule has 0 fully saturated rings. The van der Waals surface area contributed by atoms with Gasteiger partial charge in [0.15, 0.2) is 0 Å². The fourth-order valence-corrected chi connectivity index (χ4v) is 3.39. The Labute approximate surface area is 129 Å². The Morgan fingerprint density at radius 3 is 2.95 bits per heavy atom. The summed E-state index contributed by atoms with van der Waals surface area (Å²) in [4.78, 5) is 4.70. The summed E-state index contributed by atoms with van der Waals surface area (Å²) in [7, 11) is 0. The molecular weight excluding hydrogens is 280 g/mol. The van der Waals surface area contributed by atoms with E-state index in [-0.39, 0.29) is 0 Å². The molecule has 0 atom stereocenters. The highest BCUT2D eigenvalue weighted by Gasteiger charge is 2.06. The second-order valence-electron chi connectivity index (χ2n) is 5.08. The van der Waals surface area contributed by atoms with Crippen LogP contribution in [0.25, 0.3) is 10.9 Å². The lowest BCUT2D eigenvalue weighted by atomic mass is 10.2. The number of hydrogen-bond donors (Lipinski definition) is 0. The smallest absolute Gasteiger partial charge is 0.120 e. The van der Waals surface area contributed by atoms with E-state index >= 15 is 0 Å². The molecule has 3 rings (SSSR count). The van der Waals surface area contributed by atoms with Crippen molar-refractivity contribution in [1.29, 1.82) is 0 Å². The lowest BCUT2D eigenvalue weighted by Crippen LogP contribution is -1.98. The summed E-state index contributed by atoms with van der Waals surface area (Å²) in [5, 5.41) is 4.62. The molecule has 0 aliphatic heterocycles. The van der Waals surface area contributed by atoms with Crippen LogP contribution in [-0.4, -0.2) is 16.2 Å². The third kappa shape index (κ3) is 3.10. The zero-order valence-electron chi connectivity index (χ0n) is 12.5. The summed E-state index contributed by atoms with van der Waals surface area (Å²) in [6.07, 6.45) is 4.35. The van der Waals surface area contributed by atoms with Gasteiger partial charge in [0.2, 0.25) is 0 Å². The summed E-state index contributed by atoms with van der Waals surface area (Å²) < 4.78 is 7.80. The zero-order valence-corrected chi connectivity index (χ0v) is 13.3. The molecule has 0 saturated carbocycles. The SMILES string of the molecule is CCCc1nc(Cn2ccc3cc(OCC)ccc32)cs1. The van der Waals surface area contributed by atoms with Gasteiger partial charge in [0.1, 0.15) is 5.75 Å². The lowest BCUT2D eigenvalue weighted by molar-refractivity contribution is 0.340. The monoisotopic (exact) mass is 300 g/mol. The van der Waals surface area contributed by atoms with E-state index in [1.54, 1.807) is 11.3 Å². The van der Waals surface area contributed by atoms with Crippen molar-refractivity contribution in [3.05, 3.63) is 46.5 Å². The summed E-state index contributed by atoms with van der Waals surface area (Å²) in [5.74, 6) is 0.932. The van der Waals surface area contributed by atoms with Gasteiger partial charge in [0.25, 0.3) is 0 Å². The highest BCUT2D eigenvalue weighted by atomic mass is 32.1. The quantitative estimate of drug-likeness (QED) is 0.670. The molecule has 1 aromatic carbocycles. The number of thiazole rings is 1. The fourth-order valence-electron chi connectivity index (χ4n) is 2.50. The third-order valence-electron chi connectivity index (χ3n) is 3.45. The molecule has 0 aliphatic carbocycles. The molecule has 3 aromatic rings. The van der Waals surface area contributed by atoms with Crippen molar-refractivity contribution in [2.24, 2.45) is 0 Å². The number of hydrogen-bond acceptors (Lipinski definition) is 3. The molecular formula is C17H20N2OS. The first kappa shape index (κ1) is 14.1. The lowest BCUT2D eigenvalue weighted by Gasteiger charge is -2.05. The van der Waals surface area contributed by atoms with Crippen LogP contribution in [0.3, 0.4) is 0 Å². The van der Waals surface area contributed by atoms with Crippen molar-refractivity contribution >= 4 is 22.2 Å². The molecule has 21 heavy (non-hydrogen) atoms. The minimum Gasteiger partial charge on any atom is -0.494 e. The average Bonchev–Trinajstić information content (AvgIpc) is 3.08. The van der Waals surface area contributed by atoms with Crippen LogP contribution in [0.2, 0.25) is 0 Å². The number of aryl methyl sites for hydroxylation is 1. The van der Waals surface area contributed by atoms with E-state index < -0.39 is 0 Å². The van der Waals surface area contributed by atoms with Gasteiger partial charge in [-0.25, -0.2) is 4.98 Å². The number of fused-ring (bicyclic) bond motifs is 1. The Bertz CT molecular complexity index is 729. The standard InChI is InChI=1S/C17H20N2OS/c1-3-5-17-18-14(12-21-17)11-19-9-8-13-10-15(20-4-2)6-7-16(13)19/h6-10,12H,3-5,11H2,1-2H3. The number of ether oxygens (including phenoxy) is 1. The molecule has 0 amide bonds. The Morgan fingerprint density at radius 2 is 2.14 bits per heavy atom. The maximum absolute atomic E-state index is 5.55. The Morgan fingerprint density at radius 1 is 1.24 bits per heavy atom. The minimum absolute atomic E-state index is 0.700. The molecule has 0 N–H and O–H groups in total. The molecule has 2 heterocycles. The molecule has 0 radical (unpaired) electrons. The van der Waals surface area contributed by atoms with Gasteiger partial charge in [-0.2, -0.15) is 0 Å². The summed E-state index contributed by atoms with van der Waals surface area (Å²) in [5.41, 5.74) is 2.37. The predicted octanol–water partition coefficient (Wildman–Crippen LogP) is 4.50. The van der Waals surface area contributed by atoms with E-state index in [2.05, 4.69) is 41.3 Å². The molecule has 0 saturated heterocycles. The van der Waals surface area contributed by atoms with Gasteiger partial charge in [-0.15, -0.1) is 11.3 Å². The topological polar surface area (TPSA) is 27.1 Å². The van der Waals surface area contributed by atoms with E-state index in [0.29, 0.717) is 6.61 Å². The van der Waals surface area contributed by atoms with E-state index in [9.17, 15) is 0 Å². The second kappa shape index (κ2) is 6.31. The van der Waals surface area contributed by atoms with Crippen LogP contribution in [0.1, 0.15) is 31.0 Å². The van der Waals surface area contributed by atoms with Crippen LogP contribution in [0.4, 0.5) is 0 Å². The van der Waals surface area contributed by atoms with Crippen LogP contribution in [-0.2, 0) is 13.0 Å². The van der Waals surface area contributed by atoms with E-state index in [1.165, 1.54) is 15.9 Å². The van der Waals surface area contributed by atoms with Crippen LogP contribution in [0, 0.1) is 0 Å². The van der Waals surface area contributed by atoms with Crippen molar-refractivity contribution in [3.8, 4) is 5.75 Å². The highest BCUT2D eigenvalue weighted by molar-refractivity contribution is 7.09. The Balaban J connectivity index is 1.83. The summed E-state index contributed by atoms with van der Waals surface area (Å²) in [6, 6.07) is 8.39. The number of rotatable bonds is 6. The van der Waals surface area contributed by atoms with Crippen molar-refractivity contribution in [1.82, 2.24) is 9.55 Å². The number of aromatic nitrogens is 2. The van der Waals surface area contributed by atoms with Crippen LogP contribution >= 0.6 is 11.3 Å². The van der Waals surface area contributed by atoms with Gasteiger partial charge < -0.3 is 9.30 Å². The first-order valence-corrected chi connectivity index (χ1v) is 8.33. The summed E-state index contributed by atoms with van der Waals surface area (Å²) in [6.45, 7) is 5.73. The normalized spacial score (nSPS) is 11.1. The van der Waals surface area contributed by atoms with Crippen molar-refractivity contribution in [3.63, 3.8) is 0 Å². The maximum Gasteiger partial charge on any atom is 0.120 e. The molecule has 0 bridgehead atoms. The van der Waals surface area contributed by atoms with Gasteiger partial charge >= 0.3 is 0 Å². The largest absolute Gasteiger partial charge is 0.494 e. The maximum atomic E-state index is 5.55. The van der Waals surface area contributed by atoms with Crippen molar-refractivity contribution in [2.75, 3.05) is 6.61 Å². The molecule has 0 unspecified atom stereocenters. The average molecular weight is 300 g/mol. The van der Waals surface area contributed by atoms with Gasteiger partial charge in [0, 0.05) is 22.5 Å². The highest BCUT2D eigenvalue weighted by Crippen LogP contribution is 2.23. The Kier molecular flexibility index (Phi) is 4.25. The van der Waals surface area contributed by atoms with Gasteiger partial charge in [-0.05, 0) is 44.0 Å². The molecule has 3 nitrogen and oxygen atoms in total. The van der Waals surface area contributed by atoms with Gasteiger partial charge in [-0.3, -0.25) is 0 Å². The molecule has 110 valence electrons. The molecule has 4 heteroatoms. The number of benzene rings is 1. The third-order valence-corrected chi connectivity index (χ3v) is 4.41. The molecule has 0 spiro atoms. The van der Waals surface area contributed by atoms with Crippen molar-refractivity contribution in [2.45, 2.75) is 33.2 Å². The first-order chi connectivity index (χ1) is 10.3. The fraction of sp³-hybridized carbons (Fsp3) is 0.353. The van der Waals surface area contributed by atoms with Crippen LogP contribution in [0.5, 0.6) is 5.75 Å². The van der Waals surface area contributed by atoms with E-state index in [4.69, 9.17) is 9.72 Å². The second-order valence-corrected chi connectivity index (χ2v) is 6.02. The van der Waals surface area contributed by atoms with Crippen molar-refractivity contribution < 1.29 is 4.74 Å². The Hall–Kier alpha value is -1.81. The van der Waals surface area contributed by atoms with E-state index in [1.807, 2.05) is 13.0 Å². The van der Waals surface area contributed by atoms with Gasteiger partial charge in [-0.1, -0.05) is 6.92 Å². The van der Waals surface area contributed by atoms with Crippen LogP contribution in [0.15, 0.2) is 35.8 Å². The number of nitrogens with zero attached hydrogens (tertiary/aromatic N) is 2. The summed E-state index contributed by atoms with van der Waals surface area (Å²) >= 11 is 1.77. The molecule has 0 aliphatic rings. The molecule has 2 aromatic heterocycles. The minimum atomic E-state index is 0.700. The first-order valence-electron chi connectivity index (χ1n) is 7.45. The zero-order chi connectivity index (χ0) is 14.7. The van der Waals surface area contributed by atoms with E-state index in [0.717, 1.165) is 30.8 Å². The predicted molar refractivity (Wildman–Crippen MR) is 88.3 cm³/mol. The van der Waals surface area contributed by atoms with Gasteiger partial charge in [0.05, 0.1) is 23.9 Å². The van der Waals surface area contributed by atoms with Crippen LogP contribution < -0.4 is 4.74 Å².